The zero-order valence-corrected chi connectivity index (χ0v) is 22.5. The van der Waals surface area contributed by atoms with Crippen LogP contribution in [0.15, 0.2) is 109 Å². The molecule has 0 N–H and O–H groups in total. The van der Waals surface area contributed by atoms with Crippen LogP contribution in [0.25, 0.3) is 0 Å². The minimum Gasteiger partial charge on any atom is -0.748 e. The van der Waals surface area contributed by atoms with Gasteiger partial charge in [-0.25, -0.2) is 12.1 Å². The van der Waals surface area contributed by atoms with Crippen molar-refractivity contribution in [3.8, 4) is 0 Å². The maximum Gasteiger partial charge on any atom is 2.00 e. The van der Waals surface area contributed by atoms with Crippen molar-refractivity contribution in [2.75, 3.05) is 27.4 Å². The molecule has 0 bridgehead atoms. The van der Waals surface area contributed by atoms with Gasteiger partial charge in [0.1, 0.15) is 0 Å². The first-order valence-electron chi connectivity index (χ1n) is 11.1. The molecule has 4 rings (SSSR count). The normalized spacial score (nSPS) is 14.2. The van der Waals surface area contributed by atoms with Gasteiger partial charge in [0.25, 0.3) is 0 Å². The summed E-state index contributed by atoms with van der Waals surface area (Å²) in [5.74, 6) is 0. The van der Waals surface area contributed by atoms with Crippen LogP contribution in [-0.4, -0.2) is 65.2 Å². The molecule has 2 nitrogen and oxygen atoms in total. The molecule has 0 aliphatic heterocycles. The van der Waals surface area contributed by atoms with E-state index in [0.717, 1.165) is 0 Å². The Morgan fingerprint density at radius 1 is 0.667 bits per heavy atom. The van der Waals surface area contributed by atoms with Crippen molar-refractivity contribution >= 4 is 37.7 Å². The summed E-state index contributed by atoms with van der Waals surface area (Å²) in [6, 6.07) is 39.4. The zero-order valence-electron chi connectivity index (χ0n) is 20.3. The molecule has 0 saturated heterocycles. The monoisotopic (exact) mass is 466 g/mol. The minimum atomic E-state index is -0.201. The van der Waals surface area contributed by atoms with Gasteiger partial charge in [-0.3, -0.25) is 0 Å². The third-order valence-corrected chi connectivity index (χ3v) is 6.67. The van der Waals surface area contributed by atoms with Crippen molar-refractivity contribution in [3.05, 3.63) is 131 Å². The van der Waals surface area contributed by atoms with E-state index in [0.29, 0.717) is 13.2 Å². The van der Waals surface area contributed by atoms with Crippen LogP contribution in [0.1, 0.15) is 36.1 Å². The fourth-order valence-corrected chi connectivity index (χ4v) is 4.61. The average Bonchev–Trinajstić information content (AvgIpc) is 3.58. The molecule has 0 aliphatic carbocycles. The molecule has 0 amide bonds. The second kappa shape index (κ2) is 13.3. The van der Waals surface area contributed by atoms with Crippen molar-refractivity contribution in [2.45, 2.75) is 24.7 Å². The fourth-order valence-electron chi connectivity index (χ4n) is 4.61. The maximum atomic E-state index is 4.66. The van der Waals surface area contributed by atoms with Gasteiger partial charge < -0.3 is 39.3 Å². The molecule has 0 radical (unpaired) electrons. The van der Waals surface area contributed by atoms with E-state index >= 15 is 0 Å². The topological polar surface area (TPSA) is 18.5 Å². The van der Waals surface area contributed by atoms with Gasteiger partial charge in [0.15, 0.2) is 0 Å². The van der Waals surface area contributed by atoms with Crippen molar-refractivity contribution in [1.82, 2.24) is 0 Å². The van der Waals surface area contributed by atoms with Gasteiger partial charge >= 0.3 is 37.7 Å². The van der Waals surface area contributed by atoms with Gasteiger partial charge in [0.05, 0.1) is 13.2 Å². The van der Waals surface area contributed by atoms with Gasteiger partial charge in [-0.15, -0.1) is 5.56 Å². The third kappa shape index (κ3) is 5.88. The van der Waals surface area contributed by atoms with Crippen LogP contribution in [-0.2, 0) is 20.3 Å². The summed E-state index contributed by atoms with van der Waals surface area (Å²) < 4.78 is 9.31. The van der Waals surface area contributed by atoms with E-state index in [-0.39, 0.29) is 48.6 Å². The second-order valence-electron chi connectivity index (χ2n) is 8.31. The molecule has 0 saturated carbocycles. The van der Waals surface area contributed by atoms with Gasteiger partial charge in [0, 0.05) is 14.2 Å². The first-order valence-corrected chi connectivity index (χ1v) is 11.1. The molecule has 0 heterocycles. The van der Waals surface area contributed by atoms with Crippen LogP contribution in [0.4, 0.5) is 0 Å². The second-order valence-corrected chi connectivity index (χ2v) is 8.31. The summed E-state index contributed by atoms with van der Waals surface area (Å²) in [6.45, 7) is 6.16. The summed E-state index contributed by atoms with van der Waals surface area (Å²) in [6.07, 6.45) is 0. The third-order valence-electron chi connectivity index (χ3n) is 6.67. The van der Waals surface area contributed by atoms with E-state index in [1.807, 2.05) is 0 Å². The first-order chi connectivity index (χ1) is 15.6. The van der Waals surface area contributed by atoms with Crippen LogP contribution in [0.3, 0.4) is 0 Å². The smallest absolute Gasteiger partial charge is 0.748 e. The standard InChI is InChI=1S/C26H24.C4H10O2.Ca/c1-25(23-17-9-10-18-23,21-13-5-3-6-14-21)26(2,24-19-11-12-20-24)22-15-7-4-8-16-22;1-5-3-4-6-2;/h3-20H,1-2H3;3-4H2,1-2H3;/q-6;;+2. The van der Waals surface area contributed by atoms with Crippen molar-refractivity contribution in [2.24, 2.45) is 0 Å². The minimum absolute atomic E-state index is 0. The van der Waals surface area contributed by atoms with E-state index < -0.39 is 0 Å². The van der Waals surface area contributed by atoms with Crippen LogP contribution >= 0.6 is 0 Å². The average molecular weight is 467 g/mol. The Kier molecular flexibility index (Phi) is 11.1. The molecule has 0 spiro atoms. The Hall–Kier alpha value is -1.68. The molecular weight excluding hydrogens is 432 g/mol. The Morgan fingerprint density at radius 2 is 1.09 bits per heavy atom. The molecule has 0 aromatic heterocycles. The predicted octanol–water partition coefficient (Wildman–Crippen LogP) is 6.34. The van der Waals surface area contributed by atoms with Crippen molar-refractivity contribution < 1.29 is 9.47 Å². The van der Waals surface area contributed by atoms with Crippen LogP contribution in [0.2, 0.25) is 0 Å². The molecule has 0 fully saturated rings. The Labute approximate surface area is 229 Å². The van der Waals surface area contributed by atoms with E-state index in [9.17, 15) is 0 Å². The van der Waals surface area contributed by atoms with E-state index in [1.165, 1.54) is 22.3 Å². The summed E-state index contributed by atoms with van der Waals surface area (Å²) in [5.41, 5.74) is 4.95. The summed E-state index contributed by atoms with van der Waals surface area (Å²) in [4.78, 5) is 0. The number of methoxy groups -OCH3 is 2. The van der Waals surface area contributed by atoms with Gasteiger partial charge in [0.2, 0.25) is 0 Å². The van der Waals surface area contributed by atoms with Gasteiger partial charge in [-0.2, -0.15) is 17.5 Å². The van der Waals surface area contributed by atoms with Crippen molar-refractivity contribution in [1.29, 1.82) is 0 Å². The number of ether oxygens (including phenoxy) is 2. The molecule has 4 aromatic carbocycles. The van der Waals surface area contributed by atoms with Gasteiger partial charge in [-0.1, -0.05) is 85.6 Å². The Bertz CT molecular complexity index is 924. The number of rotatable bonds is 8. The molecular formula is C30H34CaO2-4. The molecule has 33 heavy (non-hydrogen) atoms. The SMILES string of the molecule is CC(c1ccccc1)([c-]1cccc1)C(C)(c1ccccc1)[c-]1[cH-][cH-][cH-][cH-]1.COCCOC.[Ca+2]. The Balaban J connectivity index is 0.000000491. The number of hydrogen-bond donors (Lipinski definition) is 0. The zero-order chi connectivity index (χ0) is 22.9. The number of benzene rings is 2. The van der Waals surface area contributed by atoms with Crippen LogP contribution in [0, 0.1) is 0 Å². The van der Waals surface area contributed by atoms with Crippen LogP contribution in [0.5, 0.6) is 0 Å². The molecule has 172 valence electrons. The quantitative estimate of drug-likeness (QED) is 0.171. The van der Waals surface area contributed by atoms with Crippen LogP contribution < -0.4 is 0 Å². The summed E-state index contributed by atoms with van der Waals surface area (Å²) in [7, 11) is 3.30. The first kappa shape index (κ1) is 27.6. The fraction of sp³-hybridized carbons (Fsp3) is 0.267. The maximum absolute atomic E-state index is 4.66. The number of hydrogen-bond acceptors (Lipinski definition) is 2. The Morgan fingerprint density at radius 3 is 1.52 bits per heavy atom. The molecule has 3 heteroatoms. The molecule has 2 atom stereocenters. The van der Waals surface area contributed by atoms with Crippen molar-refractivity contribution in [3.63, 3.8) is 0 Å². The molecule has 2 unspecified atom stereocenters. The van der Waals surface area contributed by atoms with Gasteiger partial charge in [-0.05, 0) is 5.41 Å². The molecule has 0 aliphatic rings. The predicted molar refractivity (Wildman–Crippen MR) is 139 cm³/mol. The van der Waals surface area contributed by atoms with E-state index in [4.69, 9.17) is 0 Å². The van der Waals surface area contributed by atoms with E-state index in [1.54, 1.807) is 14.2 Å². The molecule has 4 aromatic rings. The largest absolute Gasteiger partial charge is 2.00 e. The summed E-state index contributed by atoms with van der Waals surface area (Å²) in [5, 5.41) is 0. The summed E-state index contributed by atoms with van der Waals surface area (Å²) >= 11 is 0. The van der Waals surface area contributed by atoms with E-state index in [2.05, 4.69) is 133 Å².